The van der Waals surface area contributed by atoms with Crippen molar-refractivity contribution in [1.82, 2.24) is 0 Å². The van der Waals surface area contributed by atoms with Crippen LogP contribution >= 0.6 is 0 Å². The SMILES string of the molecule is CCN1c2ccccc2C(c2ccccc2)=C(C(=O)Nc2cc(C)cc(C)c2)S1(=O)=O. The molecule has 31 heavy (non-hydrogen) atoms. The monoisotopic (exact) mass is 432 g/mol. The Morgan fingerprint density at radius 2 is 1.52 bits per heavy atom. The molecule has 4 rings (SSSR count). The summed E-state index contributed by atoms with van der Waals surface area (Å²) in [4.78, 5) is 13.2. The van der Waals surface area contributed by atoms with Crippen LogP contribution in [0.1, 0.15) is 29.2 Å². The molecule has 6 heteroatoms. The van der Waals surface area contributed by atoms with Crippen LogP contribution in [0, 0.1) is 13.8 Å². The van der Waals surface area contributed by atoms with Gasteiger partial charge in [-0.2, -0.15) is 0 Å². The minimum atomic E-state index is -4.06. The lowest BCUT2D eigenvalue weighted by Crippen LogP contribution is -2.39. The highest BCUT2D eigenvalue weighted by atomic mass is 32.2. The molecule has 1 aliphatic rings. The Balaban J connectivity index is 1.97. The standard InChI is InChI=1S/C25H24N2O3S/c1-4-27-22-13-9-8-12-21(22)23(19-10-6-5-7-11-19)24(31(27,29)30)25(28)26-20-15-17(2)14-18(3)16-20/h5-16H,4H2,1-3H3,(H,26,28). The first-order valence-corrected chi connectivity index (χ1v) is 11.6. The van der Waals surface area contributed by atoms with Crippen LogP contribution in [0.4, 0.5) is 11.4 Å². The predicted octanol–water partition coefficient (Wildman–Crippen LogP) is 4.87. The lowest BCUT2D eigenvalue weighted by atomic mass is 9.95. The largest absolute Gasteiger partial charge is 0.321 e. The molecule has 3 aromatic rings. The minimum Gasteiger partial charge on any atom is -0.321 e. The molecule has 3 aromatic carbocycles. The molecular weight excluding hydrogens is 408 g/mol. The van der Waals surface area contributed by atoms with Crippen LogP contribution in [0.5, 0.6) is 0 Å². The van der Waals surface area contributed by atoms with Gasteiger partial charge in [-0.25, -0.2) is 8.42 Å². The highest BCUT2D eigenvalue weighted by Gasteiger charge is 2.40. The van der Waals surface area contributed by atoms with Gasteiger partial charge < -0.3 is 5.32 Å². The minimum absolute atomic E-state index is 0.224. The Morgan fingerprint density at radius 1 is 0.903 bits per heavy atom. The Hall–Kier alpha value is -3.38. The quantitative estimate of drug-likeness (QED) is 0.640. The Bertz CT molecular complexity index is 1280. The van der Waals surface area contributed by atoms with Crippen LogP contribution in [0.2, 0.25) is 0 Å². The summed E-state index contributed by atoms with van der Waals surface area (Å²) in [6.45, 7) is 5.86. The van der Waals surface area contributed by atoms with Crippen LogP contribution in [0.15, 0.2) is 77.7 Å². The first-order valence-electron chi connectivity index (χ1n) is 10.1. The van der Waals surface area contributed by atoms with Crippen molar-refractivity contribution in [3.8, 4) is 0 Å². The number of nitrogens with zero attached hydrogens (tertiary/aromatic N) is 1. The molecule has 0 spiro atoms. The van der Waals surface area contributed by atoms with Crippen molar-refractivity contribution in [1.29, 1.82) is 0 Å². The third-order valence-electron chi connectivity index (χ3n) is 5.25. The molecule has 0 aromatic heterocycles. The summed E-state index contributed by atoms with van der Waals surface area (Å²) in [5.41, 5.74) is 4.93. The summed E-state index contributed by atoms with van der Waals surface area (Å²) in [6, 6.07) is 22.1. The first-order chi connectivity index (χ1) is 14.8. The van der Waals surface area contributed by atoms with Gasteiger partial charge >= 0.3 is 0 Å². The normalized spacial score (nSPS) is 14.9. The summed E-state index contributed by atoms with van der Waals surface area (Å²) in [5, 5.41) is 2.82. The molecule has 0 radical (unpaired) electrons. The number of hydrogen-bond acceptors (Lipinski definition) is 3. The number of rotatable bonds is 4. The zero-order valence-corrected chi connectivity index (χ0v) is 18.5. The van der Waals surface area contributed by atoms with E-state index in [9.17, 15) is 13.2 Å². The summed E-state index contributed by atoms with van der Waals surface area (Å²) in [5.74, 6) is -0.642. The molecule has 5 nitrogen and oxygen atoms in total. The average Bonchev–Trinajstić information content (AvgIpc) is 2.72. The molecule has 1 amide bonds. The topological polar surface area (TPSA) is 66.5 Å². The predicted molar refractivity (Wildman–Crippen MR) is 125 cm³/mol. The number of fused-ring (bicyclic) bond motifs is 1. The smallest absolute Gasteiger partial charge is 0.270 e. The third kappa shape index (κ3) is 3.75. The van der Waals surface area contributed by atoms with Crippen LogP contribution < -0.4 is 9.62 Å². The Labute approximate surface area is 183 Å². The molecule has 0 atom stereocenters. The van der Waals surface area contributed by atoms with E-state index in [1.807, 2.05) is 74.5 Å². The Kier molecular flexibility index (Phi) is 5.41. The number of benzene rings is 3. The number of nitrogens with one attached hydrogen (secondary N) is 1. The van der Waals surface area contributed by atoms with E-state index in [4.69, 9.17) is 0 Å². The van der Waals surface area contributed by atoms with E-state index in [2.05, 4.69) is 5.32 Å². The maximum absolute atomic E-state index is 13.7. The summed E-state index contributed by atoms with van der Waals surface area (Å²) >= 11 is 0. The van der Waals surface area contributed by atoms with Gasteiger partial charge in [0, 0.05) is 23.4 Å². The number of carbonyl (C=O) groups excluding carboxylic acids is 1. The van der Waals surface area contributed by atoms with Crippen molar-refractivity contribution >= 4 is 32.9 Å². The highest BCUT2D eigenvalue weighted by Crippen LogP contribution is 2.42. The molecule has 1 N–H and O–H groups in total. The number of carbonyl (C=O) groups is 1. The van der Waals surface area contributed by atoms with Crippen LogP contribution in [-0.4, -0.2) is 20.9 Å². The second kappa shape index (κ2) is 8.04. The number of aryl methyl sites for hydroxylation is 2. The second-order valence-electron chi connectivity index (χ2n) is 7.59. The average molecular weight is 433 g/mol. The van der Waals surface area contributed by atoms with E-state index in [-0.39, 0.29) is 11.4 Å². The molecule has 158 valence electrons. The molecular formula is C25H24N2O3S. The number of para-hydroxylation sites is 1. The Morgan fingerprint density at radius 3 is 2.16 bits per heavy atom. The van der Waals surface area contributed by atoms with E-state index in [1.54, 1.807) is 19.1 Å². The van der Waals surface area contributed by atoms with Crippen molar-refractivity contribution in [3.63, 3.8) is 0 Å². The fourth-order valence-electron chi connectivity index (χ4n) is 4.09. The van der Waals surface area contributed by atoms with Crippen LogP contribution in [0.3, 0.4) is 0 Å². The van der Waals surface area contributed by atoms with E-state index >= 15 is 0 Å². The van der Waals surface area contributed by atoms with Gasteiger partial charge in [-0.3, -0.25) is 9.10 Å². The van der Waals surface area contributed by atoms with Gasteiger partial charge in [0.2, 0.25) is 0 Å². The molecule has 1 aliphatic heterocycles. The molecule has 1 heterocycles. The second-order valence-corrected chi connectivity index (χ2v) is 9.39. The molecule has 0 saturated carbocycles. The van der Waals surface area contributed by atoms with Crippen molar-refractivity contribution in [2.75, 3.05) is 16.2 Å². The van der Waals surface area contributed by atoms with E-state index in [0.717, 1.165) is 16.7 Å². The maximum Gasteiger partial charge on any atom is 0.270 e. The first kappa shape index (κ1) is 20.9. The van der Waals surface area contributed by atoms with Gasteiger partial charge in [0.25, 0.3) is 15.9 Å². The molecule has 0 unspecified atom stereocenters. The van der Waals surface area contributed by atoms with Crippen molar-refractivity contribution < 1.29 is 13.2 Å². The van der Waals surface area contributed by atoms with Gasteiger partial charge in [0.05, 0.1) is 5.69 Å². The van der Waals surface area contributed by atoms with Gasteiger partial charge in [0.15, 0.2) is 4.91 Å². The molecule has 0 bridgehead atoms. The number of sulfonamides is 1. The number of anilines is 2. The highest BCUT2D eigenvalue weighted by molar-refractivity contribution is 7.97. The van der Waals surface area contributed by atoms with Crippen molar-refractivity contribution in [2.24, 2.45) is 0 Å². The van der Waals surface area contributed by atoms with E-state index in [0.29, 0.717) is 22.5 Å². The van der Waals surface area contributed by atoms with Gasteiger partial charge in [-0.1, -0.05) is 54.6 Å². The van der Waals surface area contributed by atoms with Gasteiger partial charge in [-0.15, -0.1) is 0 Å². The number of amides is 1. The fourth-order valence-corrected chi connectivity index (χ4v) is 5.84. The van der Waals surface area contributed by atoms with E-state index in [1.165, 1.54) is 4.31 Å². The van der Waals surface area contributed by atoms with Crippen molar-refractivity contribution in [3.05, 3.63) is 100.0 Å². The molecule has 0 fully saturated rings. The lowest BCUT2D eigenvalue weighted by Gasteiger charge is -2.32. The zero-order valence-electron chi connectivity index (χ0n) is 17.7. The summed E-state index contributed by atoms with van der Waals surface area (Å²) in [6.07, 6.45) is 0. The molecule has 0 saturated heterocycles. The maximum atomic E-state index is 13.7. The van der Waals surface area contributed by atoms with Crippen LogP contribution in [0.25, 0.3) is 5.57 Å². The third-order valence-corrected chi connectivity index (χ3v) is 7.19. The number of hydrogen-bond donors (Lipinski definition) is 1. The fraction of sp³-hybridized carbons (Fsp3) is 0.160. The van der Waals surface area contributed by atoms with Gasteiger partial charge in [-0.05, 0) is 55.7 Å². The van der Waals surface area contributed by atoms with Crippen LogP contribution in [-0.2, 0) is 14.8 Å². The zero-order chi connectivity index (χ0) is 22.2. The summed E-state index contributed by atoms with van der Waals surface area (Å²) < 4.78 is 28.6. The van der Waals surface area contributed by atoms with Crippen molar-refractivity contribution in [2.45, 2.75) is 20.8 Å². The lowest BCUT2D eigenvalue weighted by molar-refractivity contribution is -0.112. The summed E-state index contributed by atoms with van der Waals surface area (Å²) in [7, 11) is -4.06. The van der Waals surface area contributed by atoms with E-state index < -0.39 is 15.9 Å². The molecule has 0 aliphatic carbocycles. The van der Waals surface area contributed by atoms with Gasteiger partial charge in [0.1, 0.15) is 0 Å².